The SMILES string of the molecule is CCCNC(CCc1ccccn1)c1ccccc1C. The van der Waals surface area contributed by atoms with Gasteiger partial charge in [-0.1, -0.05) is 37.3 Å². The van der Waals surface area contributed by atoms with Crippen molar-refractivity contribution in [1.29, 1.82) is 0 Å². The van der Waals surface area contributed by atoms with Crippen LogP contribution in [-0.4, -0.2) is 11.5 Å². The molecule has 0 spiro atoms. The second-order valence-corrected chi connectivity index (χ2v) is 5.22. The van der Waals surface area contributed by atoms with Crippen LogP contribution >= 0.6 is 0 Å². The second-order valence-electron chi connectivity index (χ2n) is 5.22. The zero-order valence-corrected chi connectivity index (χ0v) is 12.5. The van der Waals surface area contributed by atoms with Gasteiger partial charge in [-0.05, 0) is 56.0 Å². The molecule has 106 valence electrons. The predicted molar refractivity (Wildman–Crippen MR) is 84.8 cm³/mol. The third kappa shape index (κ3) is 4.17. The van der Waals surface area contributed by atoms with Crippen LogP contribution in [0.4, 0.5) is 0 Å². The fraction of sp³-hybridized carbons (Fsp3) is 0.389. The van der Waals surface area contributed by atoms with E-state index in [1.165, 1.54) is 16.8 Å². The van der Waals surface area contributed by atoms with Crippen molar-refractivity contribution in [1.82, 2.24) is 10.3 Å². The first-order valence-corrected chi connectivity index (χ1v) is 7.50. The summed E-state index contributed by atoms with van der Waals surface area (Å²) in [6.07, 6.45) is 5.13. The van der Waals surface area contributed by atoms with Gasteiger partial charge in [0.1, 0.15) is 0 Å². The average Bonchev–Trinajstić information content (AvgIpc) is 2.49. The summed E-state index contributed by atoms with van der Waals surface area (Å²) in [6, 6.07) is 15.2. The minimum absolute atomic E-state index is 0.415. The average molecular weight is 268 g/mol. The van der Waals surface area contributed by atoms with Gasteiger partial charge >= 0.3 is 0 Å². The number of aromatic nitrogens is 1. The first kappa shape index (κ1) is 14.7. The molecule has 2 nitrogen and oxygen atoms in total. The van der Waals surface area contributed by atoms with Crippen LogP contribution in [0.5, 0.6) is 0 Å². The largest absolute Gasteiger partial charge is 0.310 e. The summed E-state index contributed by atoms with van der Waals surface area (Å²) >= 11 is 0. The number of benzene rings is 1. The van der Waals surface area contributed by atoms with E-state index in [2.05, 4.69) is 60.5 Å². The van der Waals surface area contributed by atoms with Gasteiger partial charge in [-0.15, -0.1) is 0 Å². The van der Waals surface area contributed by atoms with Crippen LogP contribution in [0, 0.1) is 6.92 Å². The molecule has 0 radical (unpaired) electrons. The lowest BCUT2D eigenvalue weighted by molar-refractivity contribution is 0.495. The molecule has 2 heteroatoms. The lowest BCUT2D eigenvalue weighted by atomic mass is 9.96. The van der Waals surface area contributed by atoms with Crippen molar-refractivity contribution < 1.29 is 0 Å². The van der Waals surface area contributed by atoms with Gasteiger partial charge < -0.3 is 5.32 Å². The van der Waals surface area contributed by atoms with Crippen LogP contribution in [0.25, 0.3) is 0 Å². The fourth-order valence-electron chi connectivity index (χ4n) is 2.50. The lowest BCUT2D eigenvalue weighted by Crippen LogP contribution is -2.23. The Balaban J connectivity index is 2.06. The van der Waals surface area contributed by atoms with E-state index in [4.69, 9.17) is 0 Å². The number of nitrogens with one attached hydrogen (secondary N) is 1. The first-order chi connectivity index (χ1) is 9.81. The zero-order chi connectivity index (χ0) is 14.2. The fourth-order valence-corrected chi connectivity index (χ4v) is 2.50. The van der Waals surface area contributed by atoms with Crippen molar-refractivity contribution >= 4 is 0 Å². The van der Waals surface area contributed by atoms with E-state index in [0.29, 0.717) is 6.04 Å². The molecule has 0 aliphatic heterocycles. The molecule has 0 aliphatic carbocycles. The first-order valence-electron chi connectivity index (χ1n) is 7.50. The topological polar surface area (TPSA) is 24.9 Å². The Labute approximate surface area is 122 Å². The molecule has 1 unspecified atom stereocenters. The maximum atomic E-state index is 4.42. The van der Waals surface area contributed by atoms with E-state index < -0.39 is 0 Å². The van der Waals surface area contributed by atoms with Gasteiger partial charge in [0.2, 0.25) is 0 Å². The van der Waals surface area contributed by atoms with Gasteiger partial charge in [0, 0.05) is 17.9 Å². The Hall–Kier alpha value is -1.67. The molecule has 1 atom stereocenters. The molecule has 0 saturated heterocycles. The van der Waals surface area contributed by atoms with Gasteiger partial charge in [0.05, 0.1) is 0 Å². The Bertz CT molecular complexity index is 508. The van der Waals surface area contributed by atoms with E-state index in [0.717, 1.165) is 25.8 Å². The van der Waals surface area contributed by atoms with Gasteiger partial charge in [0.25, 0.3) is 0 Å². The van der Waals surface area contributed by atoms with E-state index >= 15 is 0 Å². The number of hydrogen-bond donors (Lipinski definition) is 1. The number of hydrogen-bond acceptors (Lipinski definition) is 2. The molecular formula is C18H24N2. The Morgan fingerprint density at radius 1 is 1.10 bits per heavy atom. The van der Waals surface area contributed by atoms with Crippen molar-refractivity contribution in [2.24, 2.45) is 0 Å². The van der Waals surface area contributed by atoms with Gasteiger partial charge in [-0.2, -0.15) is 0 Å². The van der Waals surface area contributed by atoms with Crippen LogP contribution in [0.1, 0.15) is 42.6 Å². The van der Waals surface area contributed by atoms with E-state index in [9.17, 15) is 0 Å². The third-order valence-corrected chi connectivity index (χ3v) is 3.62. The summed E-state index contributed by atoms with van der Waals surface area (Å²) in [4.78, 5) is 4.42. The smallest absolute Gasteiger partial charge is 0.0404 e. The molecule has 0 saturated carbocycles. The lowest BCUT2D eigenvalue weighted by Gasteiger charge is -2.20. The molecule has 20 heavy (non-hydrogen) atoms. The van der Waals surface area contributed by atoms with Crippen LogP contribution in [0.15, 0.2) is 48.7 Å². The summed E-state index contributed by atoms with van der Waals surface area (Å²) in [6.45, 7) is 5.46. The maximum absolute atomic E-state index is 4.42. The van der Waals surface area contributed by atoms with Gasteiger partial charge in [-0.25, -0.2) is 0 Å². The van der Waals surface area contributed by atoms with Crippen molar-refractivity contribution in [3.8, 4) is 0 Å². The summed E-state index contributed by atoms with van der Waals surface area (Å²) in [5, 5.41) is 3.67. The monoisotopic (exact) mass is 268 g/mol. The highest BCUT2D eigenvalue weighted by Crippen LogP contribution is 2.22. The molecule has 0 fully saturated rings. The Morgan fingerprint density at radius 3 is 2.60 bits per heavy atom. The van der Waals surface area contributed by atoms with E-state index in [1.54, 1.807) is 0 Å². The molecule has 1 aromatic heterocycles. The van der Waals surface area contributed by atoms with Crippen molar-refractivity contribution in [3.63, 3.8) is 0 Å². The molecule has 0 aliphatic rings. The predicted octanol–water partition coefficient (Wildman–Crippen LogP) is 4.06. The number of nitrogens with zero attached hydrogens (tertiary/aromatic N) is 1. The summed E-state index contributed by atoms with van der Waals surface area (Å²) in [5.74, 6) is 0. The summed E-state index contributed by atoms with van der Waals surface area (Å²) in [7, 11) is 0. The molecule has 1 heterocycles. The molecule has 1 N–H and O–H groups in total. The highest BCUT2D eigenvalue weighted by molar-refractivity contribution is 5.28. The Kier molecular flexibility index (Phi) is 5.75. The number of pyridine rings is 1. The molecule has 2 aromatic rings. The van der Waals surface area contributed by atoms with Crippen LogP contribution < -0.4 is 5.32 Å². The van der Waals surface area contributed by atoms with E-state index in [1.807, 2.05) is 12.3 Å². The van der Waals surface area contributed by atoms with Gasteiger partial charge in [-0.3, -0.25) is 4.98 Å². The summed E-state index contributed by atoms with van der Waals surface area (Å²) in [5.41, 5.74) is 3.95. The number of rotatable bonds is 7. The van der Waals surface area contributed by atoms with E-state index in [-0.39, 0.29) is 0 Å². The second kappa shape index (κ2) is 7.81. The van der Waals surface area contributed by atoms with Crippen LogP contribution in [0.2, 0.25) is 0 Å². The number of aryl methyl sites for hydroxylation is 2. The zero-order valence-electron chi connectivity index (χ0n) is 12.5. The molecule has 1 aromatic carbocycles. The third-order valence-electron chi connectivity index (χ3n) is 3.62. The molecular weight excluding hydrogens is 244 g/mol. The standard InChI is InChI=1S/C18H24N2/c1-3-13-20-18(17-10-5-4-8-15(17)2)12-11-16-9-6-7-14-19-16/h4-10,14,18,20H,3,11-13H2,1-2H3. The normalized spacial score (nSPS) is 12.3. The van der Waals surface area contributed by atoms with Crippen molar-refractivity contribution in [2.45, 2.75) is 39.2 Å². The Morgan fingerprint density at radius 2 is 1.90 bits per heavy atom. The minimum atomic E-state index is 0.415. The van der Waals surface area contributed by atoms with Gasteiger partial charge in [0.15, 0.2) is 0 Å². The highest BCUT2D eigenvalue weighted by Gasteiger charge is 2.12. The van der Waals surface area contributed by atoms with Crippen molar-refractivity contribution in [2.75, 3.05) is 6.54 Å². The molecule has 2 rings (SSSR count). The highest BCUT2D eigenvalue weighted by atomic mass is 14.9. The summed E-state index contributed by atoms with van der Waals surface area (Å²) < 4.78 is 0. The quantitative estimate of drug-likeness (QED) is 0.819. The van der Waals surface area contributed by atoms with Crippen molar-refractivity contribution in [3.05, 3.63) is 65.5 Å². The maximum Gasteiger partial charge on any atom is 0.0404 e. The molecule has 0 bridgehead atoms. The van der Waals surface area contributed by atoms with Crippen LogP contribution in [-0.2, 0) is 6.42 Å². The minimum Gasteiger partial charge on any atom is -0.310 e. The van der Waals surface area contributed by atoms with Crippen LogP contribution in [0.3, 0.4) is 0 Å². The molecule has 0 amide bonds.